The zero-order valence-corrected chi connectivity index (χ0v) is 10.7. The summed E-state index contributed by atoms with van der Waals surface area (Å²) < 4.78 is 5.58. The normalized spacial score (nSPS) is 9.75. The molecule has 20 heavy (non-hydrogen) atoms. The fraction of sp³-hybridized carbons (Fsp3) is 0.125. The number of rotatable bonds is 5. The Kier molecular flexibility index (Phi) is 4.35. The highest BCUT2D eigenvalue weighted by Crippen LogP contribution is 2.22. The number of carbonyl (C=O) groups is 1. The molecule has 1 N–H and O–H groups in total. The first-order valence-electron chi connectivity index (χ1n) is 6.10. The van der Waals surface area contributed by atoms with Gasteiger partial charge in [-0.1, -0.05) is 36.4 Å². The van der Waals surface area contributed by atoms with E-state index in [1.165, 1.54) is 6.07 Å². The van der Waals surface area contributed by atoms with Gasteiger partial charge in [0, 0.05) is 0 Å². The Morgan fingerprint density at radius 1 is 1.15 bits per heavy atom. The van der Waals surface area contributed by atoms with Crippen LogP contribution in [0.3, 0.4) is 0 Å². The fourth-order valence-corrected chi connectivity index (χ4v) is 1.80. The van der Waals surface area contributed by atoms with E-state index < -0.39 is 5.97 Å². The van der Waals surface area contributed by atoms with Gasteiger partial charge in [-0.3, -0.25) is 0 Å². The van der Waals surface area contributed by atoms with Crippen LogP contribution < -0.4 is 4.74 Å². The van der Waals surface area contributed by atoms with Crippen LogP contribution in [0.2, 0.25) is 0 Å². The zero-order chi connectivity index (χ0) is 14.4. The van der Waals surface area contributed by atoms with E-state index in [9.17, 15) is 4.79 Å². The number of nitrogens with zero attached hydrogens (tertiary/aromatic N) is 1. The summed E-state index contributed by atoms with van der Waals surface area (Å²) in [4.78, 5) is 11.2. The van der Waals surface area contributed by atoms with Crippen LogP contribution in [0.5, 0.6) is 5.75 Å². The predicted molar refractivity (Wildman–Crippen MR) is 73.5 cm³/mol. The number of carboxylic acid groups (broad SMARTS) is 1. The molecule has 0 aliphatic heterocycles. The lowest BCUT2D eigenvalue weighted by Gasteiger charge is -2.10. The average Bonchev–Trinajstić information content (AvgIpc) is 2.46. The number of aromatic carboxylic acids is 1. The van der Waals surface area contributed by atoms with E-state index in [2.05, 4.69) is 0 Å². The van der Waals surface area contributed by atoms with Gasteiger partial charge in [-0.15, -0.1) is 0 Å². The molecule has 0 aliphatic carbocycles. The first-order valence-corrected chi connectivity index (χ1v) is 6.10. The van der Waals surface area contributed by atoms with Gasteiger partial charge in [-0.05, 0) is 23.3 Å². The molecule has 0 heterocycles. The van der Waals surface area contributed by atoms with Gasteiger partial charge in [0.1, 0.15) is 17.9 Å². The molecule has 0 spiro atoms. The third kappa shape index (κ3) is 3.36. The molecule has 0 radical (unpaired) electrons. The Labute approximate surface area is 116 Å². The predicted octanol–water partition coefficient (Wildman–Crippen LogP) is 3.03. The number of hydrogen-bond acceptors (Lipinski definition) is 3. The molecule has 0 aromatic heterocycles. The minimum atomic E-state index is -1.04. The molecule has 0 saturated carbocycles. The van der Waals surface area contributed by atoms with Gasteiger partial charge in [0.15, 0.2) is 0 Å². The van der Waals surface area contributed by atoms with Gasteiger partial charge in [0.2, 0.25) is 0 Å². The lowest BCUT2D eigenvalue weighted by atomic mass is 10.1. The summed E-state index contributed by atoms with van der Waals surface area (Å²) >= 11 is 0. The third-order valence-corrected chi connectivity index (χ3v) is 2.80. The molecule has 0 bridgehead atoms. The highest BCUT2D eigenvalue weighted by molar-refractivity contribution is 5.91. The van der Waals surface area contributed by atoms with Crippen molar-refractivity contribution in [2.75, 3.05) is 0 Å². The molecule has 4 heteroatoms. The summed E-state index contributed by atoms with van der Waals surface area (Å²) in [5, 5.41) is 17.8. The van der Waals surface area contributed by atoms with Gasteiger partial charge >= 0.3 is 5.97 Å². The lowest BCUT2D eigenvalue weighted by molar-refractivity contribution is 0.0691. The summed E-state index contributed by atoms with van der Waals surface area (Å²) in [6.45, 7) is 0.289. The molecule has 4 nitrogen and oxygen atoms in total. The highest BCUT2D eigenvalue weighted by atomic mass is 16.5. The Balaban J connectivity index is 2.22. The molecule has 0 unspecified atom stereocenters. The van der Waals surface area contributed by atoms with E-state index in [-0.39, 0.29) is 24.3 Å². The summed E-state index contributed by atoms with van der Waals surface area (Å²) in [5.74, 6) is -0.759. The van der Waals surface area contributed by atoms with Crippen LogP contribution in [0, 0.1) is 11.3 Å². The number of carboxylic acids is 1. The number of hydrogen-bond donors (Lipinski definition) is 1. The topological polar surface area (TPSA) is 70.3 Å². The first-order chi connectivity index (χ1) is 9.70. The van der Waals surface area contributed by atoms with Crippen LogP contribution >= 0.6 is 0 Å². The van der Waals surface area contributed by atoms with E-state index in [0.717, 1.165) is 11.1 Å². The monoisotopic (exact) mass is 267 g/mol. The summed E-state index contributed by atoms with van der Waals surface area (Å²) in [5.41, 5.74) is 1.79. The molecule has 100 valence electrons. The van der Waals surface area contributed by atoms with Crippen LogP contribution in [-0.2, 0) is 13.0 Å². The molecule has 2 aromatic rings. The fourth-order valence-electron chi connectivity index (χ4n) is 1.80. The zero-order valence-electron chi connectivity index (χ0n) is 10.7. The van der Waals surface area contributed by atoms with Gasteiger partial charge < -0.3 is 9.84 Å². The van der Waals surface area contributed by atoms with Crippen molar-refractivity contribution in [3.63, 3.8) is 0 Å². The van der Waals surface area contributed by atoms with Gasteiger partial charge in [-0.25, -0.2) is 4.79 Å². The van der Waals surface area contributed by atoms with E-state index >= 15 is 0 Å². The first kappa shape index (κ1) is 13.6. The van der Waals surface area contributed by atoms with Crippen LogP contribution in [0.15, 0.2) is 48.5 Å². The maximum atomic E-state index is 11.2. The van der Waals surface area contributed by atoms with E-state index in [0.29, 0.717) is 0 Å². The number of ether oxygens (including phenoxy) is 1. The maximum Gasteiger partial charge on any atom is 0.339 e. The largest absolute Gasteiger partial charge is 0.488 e. The molecule has 2 aromatic carbocycles. The summed E-state index contributed by atoms with van der Waals surface area (Å²) in [6, 6.07) is 16.2. The molecule has 0 fully saturated rings. The van der Waals surface area contributed by atoms with E-state index in [1.807, 2.05) is 36.4 Å². The highest BCUT2D eigenvalue weighted by Gasteiger charge is 2.12. The second-order valence-electron chi connectivity index (χ2n) is 4.24. The van der Waals surface area contributed by atoms with E-state index in [4.69, 9.17) is 15.1 Å². The molecular weight excluding hydrogens is 254 g/mol. The summed E-state index contributed by atoms with van der Waals surface area (Å²) in [6.07, 6.45) is 0.224. The molecule has 0 atom stereocenters. The van der Waals surface area contributed by atoms with Gasteiger partial charge in [0.25, 0.3) is 0 Å². The average molecular weight is 267 g/mol. The minimum absolute atomic E-state index is 0.0996. The van der Waals surface area contributed by atoms with Crippen LogP contribution in [0.1, 0.15) is 21.5 Å². The van der Waals surface area contributed by atoms with Crippen molar-refractivity contribution >= 4 is 5.97 Å². The second kappa shape index (κ2) is 6.39. The molecule has 0 saturated heterocycles. The standard InChI is InChI=1S/C16H13NO3/c17-9-8-12-6-7-14(16(18)19)15(10-12)20-11-13-4-2-1-3-5-13/h1-7,10H,8,11H2,(H,18,19). The van der Waals surface area contributed by atoms with Crippen molar-refractivity contribution in [3.8, 4) is 11.8 Å². The Bertz CT molecular complexity index is 645. The smallest absolute Gasteiger partial charge is 0.339 e. The maximum absolute atomic E-state index is 11.2. The van der Waals surface area contributed by atoms with Crippen molar-refractivity contribution in [3.05, 3.63) is 65.2 Å². The van der Waals surface area contributed by atoms with E-state index in [1.54, 1.807) is 12.1 Å². The van der Waals surface area contributed by atoms with Crippen molar-refractivity contribution in [2.45, 2.75) is 13.0 Å². The molecule has 2 rings (SSSR count). The number of benzene rings is 2. The van der Waals surface area contributed by atoms with Crippen molar-refractivity contribution in [2.24, 2.45) is 0 Å². The Morgan fingerprint density at radius 2 is 1.90 bits per heavy atom. The SMILES string of the molecule is N#CCc1ccc(C(=O)O)c(OCc2ccccc2)c1. The molecule has 0 amide bonds. The second-order valence-corrected chi connectivity index (χ2v) is 4.24. The van der Waals surface area contributed by atoms with Crippen LogP contribution in [0.4, 0.5) is 0 Å². The van der Waals surface area contributed by atoms with Crippen molar-refractivity contribution in [1.82, 2.24) is 0 Å². The Morgan fingerprint density at radius 3 is 2.55 bits per heavy atom. The van der Waals surface area contributed by atoms with Crippen LogP contribution in [-0.4, -0.2) is 11.1 Å². The minimum Gasteiger partial charge on any atom is -0.488 e. The van der Waals surface area contributed by atoms with Gasteiger partial charge in [0.05, 0.1) is 12.5 Å². The quantitative estimate of drug-likeness (QED) is 0.903. The van der Waals surface area contributed by atoms with Crippen LogP contribution in [0.25, 0.3) is 0 Å². The molecule has 0 aliphatic rings. The number of nitriles is 1. The van der Waals surface area contributed by atoms with Crippen molar-refractivity contribution < 1.29 is 14.6 Å². The van der Waals surface area contributed by atoms with Crippen molar-refractivity contribution in [1.29, 1.82) is 5.26 Å². The van der Waals surface area contributed by atoms with Gasteiger partial charge in [-0.2, -0.15) is 5.26 Å². The molecular formula is C16H13NO3. The third-order valence-electron chi connectivity index (χ3n) is 2.80. The lowest BCUT2D eigenvalue weighted by Crippen LogP contribution is -2.04. The summed E-state index contributed by atoms with van der Waals surface area (Å²) in [7, 11) is 0. The Hall–Kier alpha value is -2.80.